The quantitative estimate of drug-likeness (QED) is 0.0791. The van der Waals surface area contributed by atoms with Crippen molar-refractivity contribution in [2.24, 2.45) is 0 Å². The van der Waals surface area contributed by atoms with Gasteiger partial charge in [-0.3, -0.25) is 9.59 Å². The van der Waals surface area contributed by atoms with Gasteiger partial charge < -0.3 is 47.4 Å². The van der Waals surface area contributed by atoms with Crippen LogP contribution < -0.4 is 0 Å². The van der Waals surface area contributed by atoms with Crippen LogP contribution in [0.3, 0.4) is 0 Å². The number of halogens is 1. The summed E-state index contributed by atoms with van der Waals surface area (Å²) in [5, 5.41) is 10.4. The van der Waals surface area contributed by atoms with Crippen molar-refractivity contribution in [1.82, 2.24) is 4.90 Å². The molecular weight excluding hydrogens is 830 g/mol. The number of imide groups is 1. The van der Waals surface area contributed by atoms with E-state index in [2.05, 4.69) is 15.9 Å². The number of aliphatic hydroxyl groups excluding tert-OH is 1. The van der Waals surface area contributed by atoms with Crippen molar-refractivity contribution in [3.8, 4) is 0 Å². The monoisotopic (exact) mass is 879 g/mol. The molecule has 0 spiro atoms. The van der Waals surface area contributed by atoms with Gasteiger partial charge in [-0.25, -0.2) is 9.69 Å². The van der Waals surface area contributed by atoms with Gasteiger partial charge in [0.1, 0.15) is 42.0 Å². The average molecular weight is 881 g/mol. The number of nitrogens with zero attached hydrogens (tertiary/aromatic N) is 1. The number of esters is 1. The van der Waals surface area contributed by atoms with Gasteiger partial charge in [-0.05, 0) is 52.0 Å². The number of carbonyl (C=O) groups excluding carboxylic acids is 3. The Morgan fingerprint density at radius 3 is 2.05 bits per heavy atom. The van der Waals surface area contributed by atoms with Crippen molar-refractivity contribution in [3.63, 3.8) is 0 Å². The smallest absolute Gasteiger partial charge is 0.417 e. The molecule has 316 valence electrons. The maximum Gasteiger partial charge on any atom is 0.417 e. The summed E-state index contributed by atoms with van der Waals surface area (Å²) < 4.78 is 54.8. The van der Waals surface area contributed by atoms with Crippen molar-refractivity contribution < 1.29 is 61.8 Å². The zero-order valence-electron chi connectivity index (χ0n) is 33.3. The van der Waals surface area contributed by atoms with Crippen LogP contribution >= 0.6 is 15.9 Å². The lowest BCUT2D eigenvalue weighted by molar-refractivity contribution is -0.319. The maximum atomic E-state index is 14.0. The summed E-state index contributed by atoms with van der Waals surface area (Å²) >= 11 is 3.55. The van der Waals surface area contributed by atoms with E-state index in [4.69, 9.17) is 42.3 Å². The summed E-state index contributed by atoms with van der Waals surface area (Å²) in [5.74, 6) is -0.817. The summed E-state index contributed by atoms with van der Waals surface area (Å²) in [4.78, 5) is 40.4. The molecule has 15 heteroatoms. The van der Waals surface area contributed by atoms with Crippen LogP contribution in [0.2, 0.25) is 0 Å². The van der Waals surface area contributed by atoms with E-state index in [9.17, 15) is 19.5 Å². The number of rotatable bonds is 19. The minimum absolute atomic E-state index is 0.131. The number of cyclic esters (lactones) is 1. The highest BCUT2D eigenvalue weighted by atomic mass is 79.9. The summed E-state index contributed by atoms with van der Waals surface area (Å²) in [6.45, 7) is 3.30. The van der Waals surface area contributed by atoms with Crippen LogP contribution in [-0.2, 0) is 67.1 Å². The lowest BCUT2D eigenvalue weighted by Crippen LogP contribution is -2.61. The first-order valence-corrected chi connectivity index (χ1v) is 20.2. The van der Waals surface area contributed by atoms with E-state index in [1.54, 1.807) is 13.0 Å². The predicted octanol–water partition coefficient (Wildman–Crippen LogP) is 6.62. The van der Waals surface area contributed by atoms with Crippen molar-refractivity contribution in [2.45, 2.75) is 95.0 Å². The lowest BCUT2D eigenvalue weighted by atomic mass is 9.98. The van der Waals surface area contributed by atoms with Gasteiger partial charge >= 0.3 is 12.1 Å². The zero-order chi connectivity index (χ0) is 41.9. The molecule has 1 N–H and O–H groups in total. The fraction of sp³-hybridized carbons (Fsp3) is 0.432. The van der Waals surface area contributed by atoms with Gasteiger partial charge in [0.15, 0.2) is 18.5 Å². The highest BCUT2D eigenvalue weighted by Gasteiger charge is 2.50. The highest BCUT2D eigenvalue weighted by Crippen LogP contribution is 2.37. The van der Waals surface area contributed by atoms with E-state index in [0.29, 0.717) is 23.1 Å². The summed E-state index contributed by atoms with van der Waals surface area (Å²) in [7, 11) is 2.79. The number of ether oxygens (including phenoxy) is 8. The number of methoxy groups -OCH3 is 2. The molecule has 0 saturated carbocycles. The molecule has 0 aliphatic carbocycles. The fourth-order valence-electron chi connectivity index (χ4n) is 7.29. The third-order valence-electron chi connectivity index (χ3n) is 10.2. The number of hydrogen-bond donors (Lipinski definition) is 1. The summed E-state index contributed by atoms with van der Waals surface area (Å²) in [6, 6.07) is 29.4. The van der Waals surface area contributed by atoms with E-state index in [-0.39, 0.29) is 32.2 Å². The van der Waals surface area contributed by atoms with Crippen molar-refractivity contribution in [3.05, 3.63) is 130 Å². The third kappa shape index (κ3) is 10.8. The van der Waals surface area contributed by atoms with Crippen LogP contribution in [-0.4, -0.2) is 98.3 Å². The molecule has 59 heavy (non-hydrogen) atoms. The molecule has 0 unspecified atom stereocenters. The Bertz CT molecular complexity index is 1950. The van der Waals surface area contributed by atoms with Crippen LogP contribution in [0.1, 0.15) is 60.7 Å². The van der Waals surface area contributed by atoms with Crippen LogP contribution in [0, 0.1) is 0 Å². The Labute approximate surface area is 351 Å². The van der Waals surface area contributed by atoms with E-state index < -0.39 is 73.0 Å². The molecule has 2 amide bonds. The van der Waals surface area contributed by atoms with Gasteiger partial charge in [0.05, 0.1) is 30.3 Å². The largest absolute Gasteiger partial charge is 0.461 e. The third-order valence-corrected chi connectivity index (χ3v) is 10.9. The molecule has 2 saturated heterocycles. The van der Waals surface area contributed by atoms with Gasteiger partial charge in [-0.2, -0.15) is 0 Å². The second-order valence-electron chi connectivity index (χ2n) is 14.2. The first kappa shape index (κ1) is 44.1. The van der Waals surface area contributed by atoms with Gasteiger partial charge in [0, 0.05) is 34.2 Å². The molecule has 6 rings (SSSR count). The Hall–Kier alpha value is -4.45. The van der Waals surface area contributed by atoms with Crippen LogP contribution in [0.15, 0.2) is 106 Å². The number of hydrogen-bond acceptors (Lipinski definition) is 13. The second-order valence-corrected chi connectivity index (χ2v) is 15.0. The number of furan rings is 1. The minimum atomic E-state index is -1.44. The molecule has 9 atom stereocenters. The molecule has 0 bridgehead atoms. The number of amides is 2. The van der Waals surface area contributed by atoms with Gasteiger partial charge in [0.2, 0.25) is 0 Å². The Kier molecular flexibility index (Phi) is 15.8. The average Bonchev–Trinajstić information content (AvgIpc) is 3.77. The number of benzene rings is 3. The van der Waals surface area contributed by atoms with Crippen molar-refractivity contribution in [1.29, 1.82) is 0 Å². The van der Waals surface area contributed by atoms with Crippen molar-refractivity contribution >= 4 is 33.9 Å². The van der Waals surface area contributed by atoms with E-state index in [0.717, 1.165) is 21.6 Å². The molecule has 2 aliphatic rings. The Balaban J connectivity index is 1.15. The first-order valence-electron chi connectivity index (χ1n) is 19.4. The maximum absolute atomic E-state index is 14.0. The Morgan fingerprint density at radius 1 is 0.864 bits per heavy atom. The van der Waals surface area contributed by atoms with Gasteiger partial charge in [-0.1, -0.05) is 91.0 Å². The van der Waals surface area contributed by atoms with Gasteiger partial charge in [0.25, 0.3) is 5.91 Å². The minimum Gasteiger partial charge on any atom is -0.461 e. The summed E-state index contributed by atoms with van der Waals surface area (Å²) in [6.07, 6.45) is -7.27. The standard InChI is InChI=1S/C44H50BrNO13/c1-27-36(31-19-12-7-13-20-31)59-44(50)46(27)42(49)40(51-3)38(56-28(2)48)34-23-32(45)33(57-34)21-14-22-53-41-39(55-26-30-17-10-6-11-18-30)37(35(24-47)58-43(41)52-4)54-25-29-15-8-5-9-16-29/h5-13,15-20,23,27,35-41,43,47H,14,21-22,24-26H2,1-4H3/t27-,35-,36-,37-,38+,39+,40-,41+,43+/m1/s1. The molecule has 2 fully saturated rings. The van der Waals surface area contributed by atoms with Crippen LogP contribution in [0.4, 0.5) is 4.79 Å². The van der Waals surface area contributed by atoms with Crippen molar-refractivity contribution in [2.75, 3.05) is 27.4 Å². The fourth-order valence-corrected chi connectivity index (χ4v) is 7.79. The van der Waals surface area contributed by atoms with Crippen LogP contribution in [0.5, 0.6) is 0 Å². The Morgan fingerprint density at radius 2 is 1.47 bits per heavy atom. The topological polar surface area (TPSA) is 162 Å². The number of aliphatic hydroxyl groups is 1. The second kappa shape index (κ2) is 21.2. The lowest BCUT2D eigenvalue weighted by Gasteiger charge is -2.45. The molecule has 0 radical (unpaired) electrons. The molecule has 2 aliphatic heterocycles. The molecule has 14 nitrogen and oxygen atoms in total. The first-order chi connectivity index (χ1) is 28.6. The number of aryl methyl sites for hydroxylation is 1. The SMILES string of the molecule is CO[C@H]1O[C@H](CO)[C@@H](OCc2ccccc2)[C@H](OCc2ccccc2)[C@@H]1OCCCc1oc([C@H](OC(C)=O)[C@@H](OC)C(=O)N2C(=O)O[C@@H](c3ccccc3)[C@H]2C)cc1Br. The van der Waals surface area contributed by atoms with Crippen LogP contribution in [0.25, 0.3) is 0 Å². The highest BCUT2D eigenvalue weighted by molar-refractivity contribution is 9.10. The number of carbonyl (C=O) groups is 3. The van der Waals surface area contributed by atoms with E-state index in [1.165, 1.54) is 21.1 Å². The normalized spacial score (nSPS) is 24.1. The molecule has 4 aromatic rings. The molecular formula is C44H50BrNO13. The van der Waals surface area contributed by atoms with Gasteiger partial charge in [-0.15, -0.1) is 0 Å². The molecule has 1 aromatic heterocycles. The predicted molar refractivity (Wildman–Crippen MR) is 215 cm³/mol. The van der Waals surface area contributed by atoms with E-state index >= 15 is 0 Å². The molecule has 3 heterocycles. The van der Waals surface area contributed by atoms with E-state index in [1.807, 2.05) is 91.0 Å². The zero-order valence-corrected chi connectivity index (χ0v) is 34.9. The summed E-state index contributed by atoms with van der Waals surface area (Å²) in [5.41, 5.74) is 2.62. The molecule has 3 aromatic carbocycles.